The van der Waals surface area contributed by atoms with Gasteiger partial charge in [-0.25, -0.2) is 0 Å². The van der Waals surface area contributed by atoms with Crippen molar-refractivity contribution in [1.82, 2.24) is 52.8 Å². The quantitative estimate of drug-likeness (QED) is 0.0297. The van der Waals surface area contributed by atoms with Crippen molar-refractivity contribution in [2.45, 2.75) is 197 Å². The van der Waals surface area contributed by atoms with Gasteiger partial charge >= 0.3 is 5.97 Å². The Balaban J connectivity index is 2.03. The van der Waals surface area contributed by atoms with E-state index in [0.717, 1.165) is 39.5 Å². The number of aliphatic hydroxyl groups is 5. The van der Waals surface area contributed by atoms with Gasteiger partial charge in [0.05, 0.1) is 32.4 Å². The van der Waals surface area contributed by atoms with Gasteiger partial charge in [-0.1, -0.05) is 13.8 Å². The molecule has 0 aromatic carbocycles. The molecule has 85 heavy (non-hydrogen) atoms. The summed E-state index contributed by atoms with van der Waals surface area (Å²) in [4.78, 5) is 169. The van der Waals surface area contributed by atoms with Gasteiger partial charge in [-0.15, -0.1) is 0 Å². The maximum Gasteiger partial charge on any atom is 0.303 e. The number of aliphatic hydroxyl groups excluding tert-OH is 5. The van der Waals surface area contributed by atoms with Crippen molar-refractivity contribution in [3.8, 4) is 0 Å². The third-order valence-electron chi connectivity index (χ3n) is 13.6. The van der Waals surface area contributed by atoms with E-state index in [9.17, 15) is 93.0 Å². The molecule has 3 saturated heterocycles. The van der Waals surface area contributed by atoms with Gasteiger partial charge in [0.15, 0.2) is 12.6 Å². The smallest absolute Gasteiger partial charge is 0.303 e. The minimum absolute atomic E-state index is 0.0555. The van der Waals surface area contributed by atoms with Gasteiger partial charge in [0.25, 0.3) is 0 Å². The van der Waals surface area contributed by atoms with Crippen molar-refractivity contribution in [1.29, 1.82) is 0 Å². The number of carbonyl (C=O) groups is 13. The maximum absolute atomic E-state index is 14.7. The number of likely N-dealkylation sites (tertiary alicyclic amines) is 1. The van der Waals surface area contributed by atoms with Crippen molar-refractivity contribution >= 4 is 76.9 Å². The van der Waals surface area contributed by atoms with Crippen molar-refractivity contribution in [2.75, 3.05) is 32.8 Å². The van der Waals surface area contributed by atoms with E-state index in [0.29, 0.717) is 6.42 Å². The van der Waals surface area contributed by atoms with Crippen LogP contribution in [0.1, 0.15) is 93.4 Å². The summed E-state index contributed by atoms with van der Waals surface area (Å²) in [7, 11) is 0. The number of hydrogen-bond acceptors (Lipinski definition) is 22. The number of hydrogen-bond donors (Lipinski definition) is 17. The number of primary amides is 2. The van der Waals surface area contributed by atoms with Gasteiger partial charge in [-0.3, -0.25) is 62.3 Å². The number of nitrogens with one attached hydrogen (secondary N) is 9. The molecule has 3 fully saturated rings. The Morgan fingerprint density at radius 2 is 1.16 bits per heavy atom. The monoisotopic (exact) mass is 1220 g/mol. The fourth-order valence-electron chi connectivity index (χ4n) is 9.31. The molecule has 0 aliphatic carbocycles. The van der Waals surface area contributed by atoms with E-state index in [1.165, 1.54) is 0 Å². The molecule has 0 saturated carbocycles. The van der Waals surface area contributed by atoms with Gasteiger partial charge in [-0.2, -0.15) is 0 Å². The van der Waals surface area contributed by atoms with Crippen LogP contribution in [-0.2, 0) is 81.3 Å². The fourth-order valence-corrected chi connectivity index (χ4v) is 9.31. The number of carboxylic acids is 1. The largest absolute Gasteiger partial charge is 0.481 e. The number of rotatable bonds is 32. The molecule has 3 rings (SSSR count). The molecule has 3 heterocycles. The van der Waals surface area contributed by atoms with E-state index >= 15 is 0 Å². The Kier molecular flexibility index (Phi) is 28.8. The number of amides is 12. The van der Waals surface area contributed by atoms with E-state index in [1.807, 2.05) is 0 Å². The molecule has 0 radical (unpaired) electrons. The molecular weight excluding hydrogens is 1140 g/mol. The molecule has 0 spiro atoms. The van der Waals surface area contributed by atoms with Crippen LogP contribution in [-0.4, -0.2) is 249 Å². The predicted molar refractivity (Wildman–Crippen MR) is 286 cm³/mol. The van der Waals surface area contributed by atoms with Crippen LogP contribution in [0.2, 0.25) is 0 Å². The number of ether oxygens (including phenoxy) is 4. The van der Waals surface area contributed by atoms with E-state index in [4.69, 9.17) is 30.4 Å². The zero-order chi connectivity index (χ0) is 64.2. The van der Waals surface area contributed by atoms with Gasteiger partial charge < -0.3 is 114 Å². The normalized spacial score (nSPS) is 25.9. The Morgan fingerprint density at radius 3 is 1.72 bits per heavy atom. The molecule has 0 bridgehead atoms. The van der Waals surface area contributed by atoms with E-state index in [-0.39, 0.29) is 31.7 Å². The molecule has 35 heteroatoms. The zero-order valence-electron chi connectivity index (χ0n) is 48.1. The third-order valence-corrected chi connectivity index (χ3v) is 13.6. The molecule has 3 aliphatic rings. The lowest BCUT2D eigenvalue weighted by molar-refractivity contribution is -0.308. The lowest BCUT2D eigenvalue weighted by Crippen LogP contribution is -2.67. The summed E-state index contributed by atoms with van der Waals surface area (Å²) < 4.78 is 23.5. The molecule has 0 aromatic rings. The van der Waals surface area contributed by atoms with Gasteiger partial charge in [-0.05, 0) is 51.9 Å². The van der Waals surface area contributed by atoms with Crippen molar-refractivity contribution in [2.24, 2.45) is 17.4 Å². The van der Waals surface area contributed by atoms with Crippen LogP contribution in [0.3, 0.4) is 0 Å². The van der Waals surface area contributed by atoms with E-state index in [2.05, 4.69) is 47.9 Å². The minimum Gasteiger partial charge on any atom is -0.481 e. The summed E-state index contributed by atoms with van der Waals surface area (Å²) in [6.07, 6.45) is -17.3. The van der Waals surface area contributed by atoms with Gasteiger partial charge in [0.2, 0.25) is 70.9 Å². The first kappa shape index (κ1) is 72.0. The van der Waals surface area contributed by atoms with Crippen LogP contribution >= 0.6 is 0 Å². The second-order valence-corrected chi connectivity index (χ2v) is 21.2. The van der Waals surface area contributed by atoms with Gasteiger partial charge in [0, 0.05) is 40.2 Å². The Bertz CT molecular complexity index is 2400. The lowest BCUT2D eigenvalue weighted by atomic mass is 9.96. The van der Waals surface area contributed by atoms with Gasteiger partial charge in [0.1, 0.15) is 85.0 Å². The van der Waals surface area contributed by atoms with Crippen LogP contribution in [0.15, 0.2) is 0 Å². The maximum atomic E-state index is 14.7. The summed E-state index contributed by atoms with van der Waals surface area (Å²) in [6.45, 7) is 6.09. The van der Waals surface area contributed by atoms with Crippen molar-refractivity contribution in [3.63, 3.8) is 0 Å². The second-order valence-electron chi connectivity index (χ2n) is 21.2. The highest BCUT2D eigenvalue weighted by atomic mass is 16.7. The molecule has 12 amide bonds. The number of carbonyl (C=O) groups excluding carboxylic acids is 12. The van der Waals surface area contributed by atoms with Crippen molar-refractivity contribution in [3.05, 3.63) is 0 Å². The van der Waals surface area contributed by atoms with E-state index in [1.54, 1.807) is 13.8 Å². The highest BCUT2D eigenvalue weighted by Crippen LogP contribution is 2.28. The zero-order valence-corrected chi connectivity index (χ0v) is 48.1. The highest BCUT2D eigenvalue weighted by Gasteiger charge is 2.50. The average Bonchev–Trinajstić information content (AvgIpc) is 3.83. The third kappa shape index (κ3) is 22.6. The Morgan fingerprint density at radius 1 is 0.612 bits per heavy atom. The first-order valence-electron chi connectivity index (χ1n) is 27.3. The molecule has 480 valence electrons. The molecule has 0 unspecified atom stereocenters. The molecular formula is C50H82N12O23. The minimum atomic E-state index is -2.03. The summed E-state index contributed by atoms with van der Waals surface area (Å²) in [5.41, 5.74) is 10.5. The number of aliphatic carboxylic acids is 1. The standard InChI is InChI=1S/C50H82N12O23/c1-20(2)15-28(60-45(78)27(56-23(5)64)11-13-35(70)71)46(79)55-21(3)43(76)61-36(48(81)59-26(10-12-32(51)67)44(77)54-17-34(69)62-14-8-9-29(62)47(80)53-16-33(52)68)22(4)83-50-38(58-25(7)66)42(75)40(73)31(85-50)19-82-49-37(57-24(6)65)41(74)39(72)30(18-63)84-49/h20-22,26-31,36-42,49-50,63,72-75H,8-19H2,1-7H3,(H2,51,67)(H2,52,68)(H,53,80)(H,54,77)(H,55,79)(H,56,64)(H,57,65)(H,58,66)(H,59,81)(H,60,78)(H,61,76)(H,70,71)/t21-,22+,26-,27-,28-,29-,30+,31+,36-,37+,38+,39-,40-,41+,42+,49-,50-/m0/s1. The predicted octanol–water partition coefficient (Wildman–Crippen LogP) is -9.35. The topological polar surface area (TPSA) is 544 Å². The first-order chi connectivity index (χ1) is 39.8. The molecule has 19 N–H and O–H groups in total. The average molecular weight is 1220 g/mol. The van der Waals surface area contributed by atoms with Crippen LogP contribution < -0.4 is 59.3 Å². The SMILES string of the molecule is CC(=O)N[C@H]1[C@@H](OC[C@H]2O[C@H](O[C@H](C)[C@H](NC(=O)[C@H](C)NC(=O)[C@H](CC(C)C)NC(=O)[C@H](CCC(=O)O)NC(C)=O)C(=O)N[C@@H](CCC(N)=O)C(=O)NCC(=O)N3CCC[C@H]3C(=O)NCC(N)=O)[C@H](NC(C)=O)[C@@H](O)[C@H]2O)O[C@H](CO)[C@H](O)[C@@H]1O. The number of nitrogens with two attached hydrogens (primary N) is 2. The summed E-state index contributed by atoms with van der Waals surface area (Å²) in [5, 5.41) is 84.5. The summed E-state index contributed by atoms with van der Waals surface area (Å²) in [5.74, 6) is -12.4. The molecule has 17 atom stereocenters. The summed E-state index contributed by atoms with van der Waals surface area (Å²) in [6, 6.07) is -12.4. The molecule has 0 aromatic heterocycles. The molecule has 3 aliphatic heterocycles. The lowest BCUT2D eigenvalue weighted by Gasteiger charge is -2.45. The van der Waals surface area contributed by atoms with Crippen LogP contribution in [0, 0.1) is 5.92 Å². The highest BCUT2D eigenvalue weighted by molar-refractivity contribution is 5.97. The van der Waals surface area contributed by atoms with Crippen LogP contribution in [0.25, 0.3) is 0 Å². The van der Waals surface area contributed by atoms with Crippen LogP contribution in [0.4, 0.5) is 0 Å². The first-order valence-corrected chi connectivity index (χ1v) is 27.3. The fraction of sp³-hybridized carbons (Fsp3) is 0.740. The second kappa shape index (κ2) is 34.0. The summed E-state index contributed by atoms with van der Waals surface area (Å²) >= 11 is 0. The Hall–Kier alpha value is -7.25. The van der Waals surface area contributed by atoms with Crippen molar-refractivity contribution < 1.29 is 112 Å². The Labute approximate surface area is 487 Å². The molecule has 35 nitrogen and oxygen atoms in total. The van der Waals surface area contributed by atoms with E-state index < -0.39 is 226 Å². The number of carboxylic acid groups (broad SMARTS) is 1. The number of nitrogens with zero attached hydrogens (tertiary/aromatic N) is 1. The van der Waals surface area contributed by atoms with Crippen LogP contribution in [0.5, 0.6) is 0 Å².